The molecular formula is C9H8KN2O2. The Morgan fingerprint density at radius 3 is 2.64 bits per heavy atom. The summed E-state index contributed by atoms with van der Waals surface area (Å²) in [7, 11) is 0. The summed E-state index contributed by atoms with van der Waals surface area (Å²) in [4.78, 5) is 10.7. The molecule has 1 aromatic carbocycles. The summed E-state index contributed by atoms with van der Waals surface area (Å²) in [5, 5.41) is 9.93. The van der Waals surface area contributed by atoms with E-state index < -0.39 is 6.09 Å². The van der Waals surface area contributed by atoms with Gasteiger partial charge in [-0.1, -0.05) is 30.3 Å². The second kappa shape index (κ2) is 7.97. The fraction of sp³-hybridized carbons (Fsp3) is 0.111. The quantitative estimate of drug-likeness (QED) is 0.455. The number of carbonyl (C=O) groups excluding carboxylic acids is 1. The molecule has 0 bridgehead atoms. The third kappa shape index (κ3) is 5.37. The van der Waals surface area contributed by atoms with E-state index in [1.54, 1.807) is 0 Å². The second-order valence-electron chi connectivity index (χ2n) is 2.30. The van der Waals surface area contributed by atoms with Crippen LogP contribution in [0.25, 0.3) is 0 Å². The molecule has 67 valence electrons. The third-order valence-corrected chi connectivity index (χ3v) is 1.37. The number of alkyl carbamates (subject to hydrolysis) is 1. The molecule has 0 fully saturated rings. The molecule has 4 nitrogen and oxygen atoms in total. The average Bonchev–Trinajstić information content (AvgIpc) is 2.17. The van der Waals surface area contributed by atoms with Gasteiger partial charge >= 0.3 is 6.09 Å². The Bertz CT molecular complexity index is 321. The van der Waals surface area contributed by atoms with E-state index in [0.717, 1.165) is 5.56 Å². The van der Waals surface area contributed by atoms with Gasteiger partial charge in [0.1, 0.15) is 6.61 Å². The van der Waals surface area contributed by atoms with Crippen LogP contribution in [-0.4, -0.2) is 57.5 Å². The van der Waals surface area contributed by atoms with Crippen molar-refractivity contribution in [2.45, 2.75) is 6.61 Å². The van der Waals surface area contributed by atoms with Crippen molar-refractivity contribution in [1.82, 2.24) is 5.32 Å². The van der Waals surface area contributed by atoms with E-state index in [4.69, 9.17) is 10.00 Å². The molecule has 1 rings (SSSR count). The monoisotopic (exact) mass is 215 g/mol. The Morgan fingerprint density at radius 2 is 2.07 bits per heavy atom. The topological polar surface area (TPSA) is 62.1 Å². The number of nitrogens with one attached hydrogen (secondary N) is 1. The first-order valence-electron chi connectivity index (χ1n) is 3.68. The maximum Gasteiger partial charge on any atom is 0.420 e. The molecule has 0 heterocycles. The van der Waals surface area contributed by atoms with Crippen molar-refractivity contribution >= 4 is 57.5 Å². The maximum atomic E-state index is 10.7. The van der Waals surface area contributed by atoms with Gasteiger partial charge in [-0.2, -0.15) is 5.26 Å². The second-order valence-corrected chi connectivity index (χ2v) is 2.30. The molecule has 0 saturated carbocycles. The molecule has 0 aliphatic heterocycles. The first-order valence-corrected chi connectivity index (χ1v) is 3.68. The van der Waals surface area contributed by atoms with Crippen LogP contribution in [0.3, 0.4) is 0 Å². The van der Waals surface area contributed by atoms with Crippen LogP contribution >= 0.6 is 0 Å². The fourth-order valence-corrected chi connectivity index (χ4v) is 0.805. The molecule has 0 aliphatic rings. The van der Waals surface area contributed by atoms with Crippen molar-refractivity contribution in [3.8, 4) is 6.19 Å². The van der Waals surface area contributed by atoms with Crippen molar-refractivity contribution in [2.75, 3.05) is 0 Å². The van der Waals surface area contributed by atoms with E-state index in [2.05, 4.69) is 0 Å². The summed E-state index contributed by atoms with van der Waals surface area (Å²) in [5.74, 6) is 0. The molecule has 0 unspecified atom stereocenters. The zero-order chi connectivity index (χ0) is 9.52. The van der Waals surface area contributed by atoms with Crippen LogP contribution < -0.4 is 5.32 Å². The molecule has 0 spiro atoms. The summed E-state index contributed by atoms with van der Waals surface area (Å²) in [6.45, 7) is 0.175. The van der Waals surface area contributed by atoms with Gasteiger partial charge in [-0.25, -0.2) is 10.1 Å². The minimum Gasteiger partial charge on any atom is -0.444 e. The Kier molecular flexibility index (Phi) is 7.75. The first kappa shape index (κ1) is 13.6. The summed E-state index contributed by atoms with van der Waals surface area (Å²) >= 11 is 0. The van der Waals surface area contributed by atoms with Crippen LogP contribution in [0.2, 0.25) is 0 Å². The number of amides is 1. The molecule has 5 heteroatoms. The van der Waals surface area contributed by atoms with Crippen molar-refractivity contribution in [3.05, 3.63) is 35.9 Å². The minimum atomic E-state index is -0.730. The number of hydrogen-bond donors (Lipinski definition) is 1. The molecule has 1 aromatic rings. The van der Waals surface area contributed by atoms with E-state index in [9.17, 15) is 4.79 Å². The van der Waals surface area contributed by atoms with Crippen molar-refractivity contribution < 1.29 is 9.53 Å². The van der Waals surface area contributed by atoms with E-state index in [1.165, 1.54) is 6.19 Å². The summed E-state index contributed by atoms with van der Waals surface area (Å²) in [5.41, 5.74) is 0.885. The fourth-order valence-electron chi connectivity index (χ4n) is 0.805. The predicted octanol–water partition coefficient (Wildman–Crippen LogP) is 1.01. The largest absolute Gasteiger partial charge is 0.444 e. The van der Waals surface area contributed by atoms with E-state index >= 15 is 0 Å². The summed E-state index contributed by atoms with van der Waals surface area (Å²) in [6, 6.07) is 9.24. The SMILES string of the molecule is N#CNC(=O)OCc1ccccc1.[K]. The summed E-state index contributed by atoms with van der Waals surface area (Å²) in [6.07, 6.45) is 0.749. The van der Waals surface area contributed by atoms with Crippen LogP contribution in [0.1, 0.15) is 5.56 Å². The minimum absolute atomic E-state index is 0. The predicted molar refractivity (Wildman–Crippen MR) is 51.1 cm³/mol. The van der Waals surface area contributed by atoms with Crippen molar-refractivity contribution in [1.29, 1.82) is 5.26 Å². The van der Waals surface area contributed by atoms with Gasteiger partial charge in [-0.3, -0.25) is 0 Å². The number of nitriles is 1. The normalized spacial score (nSPS) is 7.93. The van der Waals surface area contributed by atoms with Crippen LogP contribution in [0.4, 0.5) is 4.79 Å². The van der Waals surface area contributed by atoms with Gasteiger partial charge in [0.25, 0.3) is 0 Å². The van der Waals surface area contributed by atoms with Gasteiger partial charge in [0.15, 0.2) is 6.19 Å². The van der Waals surface area contributed by atoms with E-state index in [-0.39, 0.29) is 58.0 Å². The van der Waals surface area contributed by atoms with E-state index in [1.807, 2.05) is 35.6 Å². The first-order chi connectivity index (χ1) is 6.33. The van der Waals surface area contributed by atoms with Crippen molar-refractivity contribution in [3.63, 3.8) is 0 Å². The van der Waals surface area contributed by atoms with Crippen LogP contribution in [0, 0.1) is 11.5 Å². The smallest absolute Gasteiger partial charge is 0.420 e. The van der Waals surface area contributed by atoms with Crippen molar-refractivity contribution in [2.24, 2.45) is 0 Å². The maximum absolute atomic E-state index is 10.7. The Hall–Kier alpha value is -0.384. The molecule has 14 heavy (non-hydrogen) atoms. The molecule has 1 N–H and O–H groups in total. The van der Waals surface area contributed by atoms with Crippen LogP contribution in [0.15, 0.2) is 30.3 Å². The van der Waals surface area contributed by atoms with Gasteiger partial charge in [0.05, 0.1) is 0 Å². The van der Waals surface area contributed by atoms with Crippen LogP contribution in [0.5, 0.6) is 0 Å². The summed E-state index contributed by atoms with van der Waals surface area (Å²) < 4.78 is 4.70. The molecule has 0 aliphatic carbocycles. The molecular weight excluding hydrogens is 207 g/mol. The standard InChI is InChI=1S/C9H8N2O2.K/c10-7-11-9(12)13-6-8-4-2-1-3-5-8;/h1-5H,6H2,(H,11,12);. The molecule has 0 saturated heterocycles. The zero-order valence-corrected chi connectivity index (χ0v) is 11.0. The van der Waals surface area contributed by atoms with Crippen LogP contribution in [-0.2, 0) is 11.3 Å². The number of benzene rings is 1. The molecule has 1 radical (unpaired) electrons. The number of ether oxygens (including phenoxy) is 1. The van der Waals surface area contributed by atoms with E-state index in [0.29, 0.717) is 0 Å². The molecule has 1 amide bonds. The number of hydrogen-bond acceptors (Lipinski definition) is 3. The Labute approximate surface area is 125 Å². The Balaban J connectivity index is 0.00000169. The molecule has 0 aromatic heterocycles. The third-order valence-electron chi connectivity index (χ3n) is 1.37. The molecule has 0 atom stereocenters. The number of carbonyl (C=O) groups is 1. The Morgan fingerprint density at radius 1 is 1.43 bits per heavy atom. The van der Waals surface area contributed by atoms with Gasteiger partial charge in [-0.05, 0) is 5.56 Å². The zero-order valence-electron chi connectivity index (χ0n) is 7.86. The average molecular weight is 215 g/mol. The number of rotatable bonds is 2. The van der Waals surface area contributed by atoms with Gasteiger partial charge in [-0.15, -0.1) is 0 Å². The number of nitrogens with zero attached hydrogens (tertiary/aromatic N) is 1. The van der Waals surface area contributed by atoms with Gasteiger partial charge < -0.3 is 4.74 Å². The van der Waals surface area contributed by atoms with Gasteiger partial charge in [0, 0.05) is 51.4 Å². The van der Waals surface area contributed by atoms with Gasteiger partial charge in [0.2, 0.25) is 0 Å².